The molecule has 0 saturated carbocycles. The fourth-order valence-corrected chi connectivity index (χ4v) is 3.28. The van der Waals surface area contributed by atoms with Crippen molar-refractivity contribution >= 4 is 17.6 Å². The van der Waals surface area contributed by atoms with Gasteiger partial charge in [0.25, 0.3) is 0 Å². The number of hydrogen-bond donors (Lipinski definition) is 2. The third kappa shape index (κ3) is 2.65. The molecule has 1 aromatic rings. The van der Waals surface area contributed by atoms with Crippen molar-refractivity contribution in [3.63, 3.8) is 0 Å². The van der Waals surface area contributed by atoms with Gasteiger partial charge < -0.3 is 20.0 Å². The van der Waals surface area contributed by atoms with E-state index in [-0.39, 0.29) is 12.6 Å². The zero-order valence-corrected chi connectivity index (χ0v) is 11.9. The van der Waals surface area contributed by atoms with E-state index in [9.17, 15) is 15.0 Å². The molecule has 0 spiro atoms. The second kappa shape index (κ2) is 5.85. The van der Waals surface area contributed by atoms with Crippen LogP contribution in [-0.2, 0) is 4.79 Å². The minimum absolute atomic E-state index is 0.0987. The number of carboxylic acids is 1. The molecule has 1 unspecified atom stereocenters. The molecule has 2 aliphatic heterocycles. The van der Waals surface area contributed by atoms with Gasteiger partial charge in [-0.3, -0.25) is 0 Å². The second-order valence-corrected chi connectivity index (χ2v) is 5.60. The van der Waals surface area contributed by atoms with Gasteiger partial charge in [0.1, 0.15) is 24.0 Å². The number of nitrogens with zero attached hydrogens (tertiary/aromatic N) is 4. The number of aliphatic carboxylic acids is 1. The zero-order valence-electron chi connectivity index (χ0n) is 11.9. The first-order valence-corrected chi connectivity index (χ1v) is 7.39. The van der Waals surface area contributed by atoms with E-state index in [0.29, 0.717) is 18.8 Å². The maximum absolute atomic E-state index is 11.3. The Bertz CT molecular complexity index is 525. The van der Waals surface area contributed by atoms with Gasteiger partial charge in [-0.1, -0.05) is 0 Å². The Kier molecular flexibility index (Phi) is 3.92. The molecule has 2 saturated heterocycles. The summed E-state index contributed by atoms with van der Waals surface area (Å²) >= 11 is 0. The van der Waals surface area contributed by atoms with E-state index in [1.165, 1.54) is 6.33 Å². The maximum atomic E-state index is 11.3. The fourth-order valence-electron chi connectivity index (χ4n) is 3.28. The molecule has 2 atom stereocenters. The van der Waals surface area contributed by atoms with Crippen LogP contribution in [0.4, 0.5) is 11.6 Å². The van der Waals surface area contributed by atoms with Crippen molar-refractivity contribution in [2.75, 3.05) is 29.5 Å². The average Bonchev–Trinajstić information content (AvgIpc) is 3.16. The smallest absolute Gasteiger partial charge is 0.326 e. The number of aliphatic hydroxyl groups excluding tert-OH is 1. The first-order valence-electron chi connectivity index (χ1n) is 7.39. The topological polar surface area (TPSA) is 89.8 Å². The van der Waals surface area contributed by atoms with Crippen LogP contribution in [0, 0.1) is 0 Å². The highest BCUT2D eigenvalue weighted by Crippen LogP contribution is 2.29. The molecular formula is C14H20N4O3. The molecule has 2 N–H and O–H groups in total. The molecule has 3 heterocycles. The Morgan fingerprint density at radius 1 is 1.19 bits per heavy atom. The minimum Gasteiger partial charge on any atom is -0.480 e. The Hall–Kier alpha value is -1.89. The molecule has 114 valence electrons. The number of anilines is 2. The predicted molar refractivity (Wildman–Crippen MR) is 77.5 cm³/mol. The molecule has 0 amide bonds. The molecule has 2 aliphatic rings. The normalized spacial score (nSPS) is 25.6. The number of carboxylic acid groups (broad SMARTS) is 1. The molecule has 7 heteroatoms. The summed E-state index contributed by atoms with van der Waals surface area (Å²) in [5, 5.41) is 18.7. The lowest BCUT2D eigenvalue weighted by molar-refractivity contribution is -0.138. The van der Waals surface area contributed by atoms with E-state index in [1.54, 1.807) is 0 Å². The van der Waals surface area contributed by atoms with Crippen LogP contribution < -0.4 is 9.80 Å². The summed E-state index contributed by atoms with van der Waals surface area (Å²) in [5.41, 5.74) is 0. The van der Waals surface area contributed by atoms with E-state index in [1.807, 2.05) is 11.0 Å². The summed E-state index contributed by atoms with van der Waals surface area (Å²) in [7, 11) is 0. The Morgan fingerprint density at radius 2 is 1.86 bits per heavy atom. The Balaban J connectivity index is 1.84. The summed E-state index contributed by atoms with van der Waals surface area (Å²) in [6.07, 6.45) is 4.98. The van der Waals surface area contributed by atoms with Crippen LogP contribution in [0.1, 0.15) is 25.7 Å². The van der Waals surface area contributed by atoms with Crippen LogP contribution in [0.25, 0.3) is 0 Å². The first kappa shape index (κ1) is 14.1. The van der Waals surface area contributed by atoms with Crippen LogP contribution in [0.3, 0.4) is 0 Å². The molecule has 0 radical (unpaired) electrons. The number of carbonyl (C=O) groups is 1. The van der Waals surface area contributed by atoms with Gasteiger partial charge >= 0.3 is 5.97 Å². The molecule has 3 rings (SSSR count). The minimum atomic E-state index is -0.804. The molecule has 0 bridgehead atoms. The predicted octanol–water partition coefficient (Wildman–Crippen LogP) is 0.491. The van der Waals surface area contributed by atoms with Crippen molar-refractivity contribution in [3.05, 3.63) is 12.4 Å². The average molecular weight is 292 g/mol. The molecule has 0 aliphatic carbocycles. The Morgan fingerprint density at radius 3 is 2.57 bits per heavy atom. The molecule has 2 fully saturated rings. The van der Waals surface area contributed by atoms with Crippen LogP contribution in [0.2, 0.25) is 0 Å². The highest BCUT2D eigenvalue weighted by molar-refractivity contribution is 5.78. The van der Waals surface area contributed by atoms with Crippen LogP contribution in [0.15, 0.2) is 12.4 Å². The number of hydrogen-bond acceptors (Lipinski definition) is 6. The van der Waals surface area contributed by atoms with Crippen molar-refractivity contribution in [1.29, 1.82) is 0 Å². The lowest BCUT2D eigenvalue weighted by Gasteiger charge is -2.26. The number of aliphatic hydroxyl groups is 1. The molecule has 0 aromatic carbocycles. The van der Waals surface area contributed by atoms with Crippen LogP contribution in [0.5, 0.6) is 0 Å². The molecule has 1 aromatic heterocycles. The van der Waals surface area contributed by atoms with Gasteiger partial charge in [-0.15, -0.1) is 0 Å². The lowest BCUT2D eigenvalue weighted by atomic mass is 10.2. The summed E-state index contributed by atoms with van der Waals surface area (Å²) in [6.45, 7) is 1.68. The molecular weight excluding hydrogens is 272 g/mol. The third-order valence-electron chi connectivity index (χ3n) is 4.35. The van der Waals surface area contributed by atoms with Crippen molar-refractivity contribution in [3.8, 4) is 0 Å². The van der Waals surface area contributed by atoms with Crippen molar-refractivity contribution < 1.29 is 15.0 Å². The number of aromatic nitrogens is 2. The van der Waals surface area contributed by atoms with E-state index in [0.717, 1.165) is 31.6 Å². The van der Waals surface area contributed by atoms with E-state index >= 15 is 0 Å². The van der Waals surface area contributed by atoms with Gasteiger partial charge in [0.05, 0.1) is 12.6 Å². The largest absolute Gasteiger partial charge is 0.480 e. The molecule has 7 nitrogen and oxygen atoms in total. The summed E-state index contributed by atoms with van der Waals surface area (Å²) < 4.78 is 0. The summed E-state index contributed by atoms with van der Waals surface area (Å²) in [5.74, 6) is 0.628. The van der Waals surface area contributed by atoms with E-state index in [2.05, 4.69) is 14.9 Å². The number of rotatable bonds is 4. The first-order chi connectivity index (χ1) is 10.2. The highest BCUT2D eigenvalue weighted by Gasteiger charge is 2.32. The molecule has 21 heavy (non-hydrogen) atoms. The van der Waals surface area contributed by atoms with Gasteiger partial charge in [0.2, 0.25) is 0 Å². The van der Waals surface area contributed by atoms with E-state index in [4.69, 9.17) is 0 Å². The summed E-state index contributed by atoms with van der Waals surface area (Å²) in [6, 6.07) is 1.44. The van der Waals surface area contributed by atoms with Gasteiger partial charge in [-0.25, -0.2) is 14.8 Å². The fraction of sp³-hybridized carbons (Fsp3) is 0.643. The van der Waals surface area contributed by atoms with Gasteiger partial charge in [0, 0.05) is 19.2 Å². The lowest BCUT2D eigenvalue weighted by Crippen LogP contribution is -2.37. The van der Waals surface area contributed by atoms with Gasteiger partial charge in [0.15, 0.2) is 0 Å². The zero-order chi connectivity index (χ0) is 14.8. The van der Waals surface area contributed by atoms with Gasteiger partial charge in [-0.2, -0.15) is 0 Å². The van der Waals surface area contributed by atoms with Crippen molar-refractivity contribution in [1.82, 2.24) is 9.97 Å². The maximum Gasteiger partial charge on any atom is 0.326 e. The van der Waals surface area contributed by atoms with Crippen molar-refractivity contribution in [2.24, 2.45) is 0 Å². The van der Waals surface area contributed by atoms with E-state index < -0.39 is 12.0 Å². The quantitative estimate of drug-likeness (QED) is 0.834. The monoisotopic (exact) mass is 292 g/mol. The highest BCUT2D eigenvalue weighted by atomic mass is 16.4. The van der Waals surface area contributed by atoms with Crippen molar-refractivity contribution in [2.45, 2.75) is 37.8 Å². The van der Waals surface area contributed by atoms with Gasteiger partial charge in [-0.05, 0) is 25.7 Å². The summed E-state index contributed by atoms with van der Waals surface area (Å²) in [4.78, 5) is 23.7. The van der Waals surface area contributed by atoms with Crippen LogP contribution >= 0.6 is 0 Å². The third-order valence-corrected chi connectivity index (χ3v) is 4.35. The SMILES string of the molecule is O=C(O)[C@@H]1CCCN1c1cc(N2CCCC2CO)ncn1. The Labute approximate surface area is 123 Å². The second-order valence-electron chi connectivity index (χ2n) is 5.60. The van der Waals surface area contributed by atoms with Crippen LogP contribution in [-0.4, -0.2) is 57.9 Å². The standard InChI is InChI=1S/C14H20N4O3/c19-8-10-3-1-5-17(10)12-7-13(16-9-15-12)18-6-2-4-11(18)14(20)21/h7,9-11,19H,1-6,8H2,(H,20,21)/t10?,11-/m0/s1.